The van der Waals surface area contributed by atoms with Crippen molar-refractivity contribution in [2.24, 2.45) is 0 Å². The van der Waals surface area contributed by atoms with Gasteiger partial charge >= 0.3 is 0 Å². The minimum atomic E-state index is -3.57. The molecule has 6 nitrogen and oxygen atoms in total. The summed E-state index contributed by atoms with van der Waals surface area (Å²) in [4.78, 5) is 4.09. The van der Waals surface area contributed by atoms with Crippen molar-refractivity contribution in [3.8, 4) is 0 Å². The molecule has 7 heteroatoms. The Morgan fingerprint density at radius 2 is 1.85 bits per heavy atom. The molecule has 1 atom stereocenters. The summed E-state index contributed by atoms with van der Waals surface area (Å²) in [7, 11) is -3.57. The molecule has 20 heavy (non-hydrogen) atoms. The summed E-state index contributed by atoms with van der Waals surface area (Å²) < 4.78 is 28.8. The van der Waals surface area contributed by atoms with Gasteiger partial charge < -0.3 is 0 Å². The molecule has 1 N–H and O–H groups in total. The number of pyridine rings is 1. The third kappa shape index (κ3) is 3.23. The number of rotatable bonds is 5. The van der Waals surface area contributed by atoms with E-state index in [1.54, 1.807) is 36.1 Å². The van der Waals surface area contributed by atoms with Crippen LogP contribution in [-0.4, -0.2) is 23.2 Å². The predicted octanol–water partition coefficient (Wildman–Crippen LogP) is 1.90. The second-order valence-electron chi connectivity index (χ2n) is 4.87. The number of hydrogen-bond acceptors (Lipinski definition) is 4. The average Bonchev–Trinajstić information content (AvgIpc) is 2.90. The normalized spacial score (nSPS) is 13.6. The molecule has 2 aromatic heterocycles. The van der Waals surface area contributed by atoms with Gasteiger partial charge in [0, 0.05) is 30.7 Å². The van der Waals surface area contributed by atoms with Crippen LogP contribution in [0.15, 0.2) is 41.8 Å². The van der Waals surface area contributed by atoms with Crippen LogP contribution in [0.25, 0.3) is 0 Å². The van der Waals surface area contributed by atoms with E-state index in [4.69, 9.17) is 0 Å². The molecule has 0 saturated carbocycles. The molecule has 108 valence electrons. The highest BCUT2D eigenvalue weighted by Crippen LogP contribution is 2.16. The maximum absolute atomic E-state index is 12.3. The molecule has 2 heterocycles. The van der Waals surface area contributed by atoms with E-state index >= 15 is 0 Å². The highest BCUT2D eigenvalue weighted by atomic mass is 32.2. The summed E-state index contributed by atoms with van der Waals surface area (Å²) in [6.07, 6.45) is 6.17. The minimum absolute atomic E-state index is 0.122. The Balaban J connectivity index is 2.18. The third-order valence-electron chi connectivity index (χ3n) is 2.96. The number of aromatic nitrogens is 3. The van der Waals surface area contributed by atoms with E-state index in [-0.39, 0.29) is 17.0 Å². The van der Waals surface area contributed by atoms with Crippen LogP contribution in [0.5, 0.6) is 0 Å². The topological polar surface area (TPSA) is 76.9 Å². The Hall–Kier alpha value is -1.73. The zero-order valence-corrected chi connectivity index (χ0v) is 12.5. The Labute approximate surface area is 118 Å². The standard InChI is InChI=1S/C13H18N4O2S/c1-10(2)17-9-13(8-15-17)20(18,19)16-11(3)12-4-6-14-7-5-12/h4-11,16H,1-3H3/t11-/m0/s1. The van der Waals surface area contributed by atoms with Crippen LogP contribution in [0, 0.1) is 0 Å². The van der Waals surface area contributed by atoms with Crippen molar-refractivity contribution in [3.63, 3.8) is 0 Å². The summed E-state index contributed by atoms with van der Waals surface area (Å²) in [6.45, 7) is 5.67. The summed E-state index contributed by atoms with van der Waals surface area (Å²) in [5, 5.41) is 4.05. The second-order valence-corrected chi connectivity index (χ2v) is 6.59. The van der Waals surface area contributed by atoms with Crippen LogP contribution < -0.4 is 4.72 Å². The van der Waals surface area contributed by atoms with Gasteiger partial charge in [0.15, 0.2) is 0 Å². The van der Waals surface area contributed by atoms with Crippen molar-refractivity contribution >= 4 is 10.0 Å². The number of sulfonamides is 1. The highest BCUT2D eigenvalue weighted by Gasteiger charge is 2.20. The van der Waals surface area contributed by atoms with Gasteiger partial charge in [0.05, 0.1) is 6.20 Å². The molecule has 0 aliphatic heterocycles. The maximum Gasteiger partial charge on any atom is 0.244 e. The number of hydrogen-bond donors (Lipinski definition) is 1. The molecular weight excluding hydrogens is 276 g/mol. The first-order chi connectivity index (χ1) is 9.40. The summed E-state index contributed by atoms with van der Waals surface area (Å²) in [6, 6.07) is 3.36. The molecule has 0 radical (unpaired) electrons. The quantitative estimate of drug-likeness (QED) is 0.913. The van der Waals surface area contributed by atoms with E-state index in [1.165, 1.54) is 12.4 Å². The smallest absolute Gasteiger partial charge is 0.244 e. The van der Waals surface area contributed by atoms with Crippen LogP contribution in [-0.2, 0) is 10.0 Å². The molecule has 0 aliphatic carbocycles. The molecule has 0 aromatic carbocycles. The van der Waals surface area contributed by atoms with Crippen LogP contribution in [0.3, 0.4) is 0 Å². The molecular formula is C13H18N4O2S. The zero-order chi connectivity index (χ0) is 14.8. The number of nitrogens with zero attached hydrogens (tertiary/aromatic N) is 3. The molecule has 0 amide bonds. The van der Waals surface area contributed by atoms with Crippen molar-refractivity contribution in [3.05, 3.63) is 42.5 Å². The van der Waals surface area contributed by atoms with Gasteiger partial charge in [-0.2, -0.15) is 5.10 Å². The van der Waals surface area contributed by atoms with Crippen LogP contribution >= 0.6 is 0 Å². The fraction of sp³-hybridized carbons (Fsp3) is 0.385. The van der Waals surface area contributed by atoms with Crippen molar-refractivity contribution in [1.82, 2.24) is 19.5 Å². The molecule has 0 fully saturated rings. The van der Waals surface area contributed by atoms with E-state index in [9.17, 15) is 8.42 Å². The summed E-state index contributed by atoms with van der Waals surface area (Å²) in [5.74, 6) is 0. The first kappa shape index (κ1) is 14.7. The van der Waals surface area contributed by atoms with E-state index in [1.807, 2.05) is 13.8 Å². The van der Waals surface area contributed by atoms with Gasteiger partial charge in [-0.3, -0.25) is 9.67 Å². The lowest BCUT2D eigenvalue weighted by atomic mass is 10.1. The summed E-state index contributed by atoms with van der Waals surface area (Å²) in [5.41, 5.74) is 0.861. The lowest BCUT2D eigenvalue weighted by Gasteiger charge is -2.13. The van der Waals surface area contributed by atoms with Crippen molar-refractivity contribution in [2.45, 2.75) is 37.8 Å². The van der Waals surface area contributed by atoms with Gasteiger partial charge in [-0.05, 0) is 38.5 Å². The van der Waals surface area contributed by atoms with Crippen molar-refractivity contribution in [1.29, 1.82) is 0 Å². The monoisotopic (exact) mass is 294 g/mol. The lowest BCUT2D eigenvalue weighted by Crippen LogP contribution is -2.26. The van der Waals surface area contributed by atoms with Gasteiger partial charge in [0.25, 0.3) is 0 Å². The molecule has 2 aromatic rings. The highest BCUT2D eigenvalue weighted by molar-refractivity contribution is 7.89. The fourth-order valence-corrected chi connectivity index (χ4v) is 2.93. The van der Waals surface area contributed by atoms with Crippen LogP contribution in [0.1, 0.15) is 38.4 Å². The van der Waals surface area contributed by atoms with Crippen molar-refractivity contribution < 1.29 is 8.42 Å². The van der Waals surface area contributed by atoms with Gasteiger partial charge in [-0.15, -0.1) is 0 Å². The van der Waals surface area contributed by atoms with Crippen molar-refractivity contribution in [2.75, 3.05) is 0 Å². The fourth-order valence-electron chi connectivity index (χ4n) is 1.76. The lowest BCUT2D eigenvalue weighted by molar-refractivity contribution is 0.530. The number of nitrogens with one attached hydrogen (secondary N) is 1. The maximum atomic E-state index is 12.3. The molecule has 0 spiro atoms. The van der Waals surface area contributed by atoms with E-state index in [2.05, 4.69) is 14.8 Å². The Morgan fingerprint density at radius 3 is 2.40 bits per heavy atom. The van der Waals surface area contributed by atoms with Gasteiger partial charge in [0.2, 0.25) is 10.0 Å². The Morgan fingerprint density at radius 1 is 1.20 bits per heavy atom. The second kappa shape index (κ2) is 5.72. The molecule has 2 rings (SSSR count). The summed E-state index contributed by atoms with van der Waals surface area (Å²) >= 11 is 0. The predicted molar refractivity (Wildman–Crippen MR) is 75.6 cm³/mol. The van der Waals surface area contributed by atoms with Gasteiger partial charge in [0.1, 0.15) is 4.90 Å². The molecule has 0 bridgehead atoms. The molecule has 0 unspecified atom stereocenters. The van der Waals surface area contributed by atoms with E-state index < -0.39 is 10.0 Å². The molecule has 0 aliphatic rings. The SMILES string of the molecule is CC(C)n1cc(S(=O)(=O)N[C@@H](C)c2ccncc2)cn1. The Kier molecular flexibility index (Phi) is 4.20. The Bertz CT molecular complexity index is 665. The average molecular weight is 294 g/mol. The van der Waals surface area contributed by atoms with Crippen LogP contribution in [0.2, 0.25) is 0 Å². The first-order valence-electron chi connectivity index (χ1n) is 6.36. The van der Waals surface area contributed by atoms with Gasteiger partial charge in [-0.1, -0.05) is 0 Å². The third-order valence-corrected chi connectivity index (χ3v) is 4.45. The van der Waals surface area contributed by atoms with Crippen LogP contribution in [0.4, 0.5) is 0 Å². The van der Waals surface area contributed by atoms with E-state index in [0.717, 1.165) is 5.56 Å². The first-order valence-corrected chi connectivity index (χ1v) is 7.85. The molecule has 0 saturated heterocycles. The zero-order valence-electron chi connectivity index (χ0n) is 11.7. The minimum Gasteiger partial charge on any atom is -0.269 e. The van der Waals surface area contributed by atoms with E-state index in [0.29, 0.717) is 0 Å². The van der Waals surface area contributed by atoms with Gasteiger partial charge in [-0.25, -0.2) is 13.1 Å². The largest absolute Gasteiger partial charge is 0.269 e.